The predicted molar refractivity (Wildman–Crippen MR) is 93.3 cm³/mol. The van der Waals surface area contributed by atoms with E-state index in [0.29, 0.717) is 0 Å². The Balaban J connectivity index is 0.00000264. The Bertz CT molecular complexity index is 532. The molecule has 0 radical (unpaired) electrons. The van der Waals surface area contributed by atoms with Gasteiger partial charge in [0, 0.05) is 0 Å². The van der Waals surface area contributed by atoms with Crippen molar-refractivity contribution in [1.29, 1.82) is 0 Å². The Morgan fingerprint density at radius 3 is 2.50 bits per heavy atom. The van der Waals surface area contributed by atoms with Crippen molar-refractivity contribution in [2.45, 2.75) is 58.3 Å². The van der Waals surface area contributed by atoms with Gasteiger partial charge in [0.15, 0.2) is 0 Å². The number of hydrogen-bond donors (Lipinski definition) is 0. The van der Waals surface area contributed by atoms with Crippen molar-refractivity contribution < 1.29 is 50.0 Å². The Hall–Kier alpha value is 0.564. The molecule has 0 saturated heterocycles. The third-order valence-corrected chi connectivity index (χ3v) is 6.46. The third kappa shape index (κ3) is 6.07. The first-order valence-corrected chi connectivity index (χ1v) is 9.81. The standard InChI is InChI=1S/C19H27OS.2ClH.Ti/c1-5-6-15-20-19(21-16-11-7-8-12-16)14-10-9-13-17(19)18(2,3)4;;;/h7,9-11,13H,5-6,8,14-15H2,1-4H3;2*1H;/q;;;+2/p-2. The second-order valence-electron chi connectivity index (χ2n) is 6.97. The molecule has 0 saturated carbocycles. The summed E-state index contributed by atoms with van der Waals surface area (Å²) < 4.78 is 8.00. The molecule has 0 heterocycles. The molecule has 0 aromatic rings. The number of halogens is 2. The first-order valence-electron chi connectivity index (χ1n) is 8.21. The van der Waals surface area contributed by atoms with E-state index < -0.39 is 0 Å². The van der Waals surface area contributed by atoms with Crippen LogP contribution >= 0.6 is 11.8 Å². The van der Waals surface area contributed by atoms with Crippen LogP contribution in [0.1, 0.15) is 53.4 Å². The fourth-order valence-corrected chi connectivity index (χ4v) is 4.93. The fraction of sp³-hybridized carbons (Fsp3) is 0.579. The molecule has 1 atom stereocenters. The van der Waals surface area contributed by atoms with E-state index >= 15 is 0 Å². The average molecular weight is 422 g/mol. The average Bonchev–Trinajstić information content (AvgIpc) is 2.84. The predicted octanol–water partition coefficient (Wildman–Crippen LogP) is -0.109. The van der Waals surface area contributed by atoms with E-state index in [4.69, 9.17) is 4.74 Å². The molecule has 1 unspecified atom stereocenters. The van der Waals surface area contributed by atoms with Gasteiger partial charge < -0.3 is 24.8 Å². The smallest absolute Gasteiger partial charge is 1.00 e. The van der Waals surface area contributed by atoms with Crippen molar-refractivity contribution in [3.63, 3.8) is 0 Å². The Morgan fingerprint density at radius 1 is 1.25 bits per heavy atom. The summed E-state index contributed by atoms with van der Waals surface area (Å²) in [6, 6.07) is 0. The number of ether oxygens (including phenoxy) is 1. The van der Waals surface area contributed by atoms with Gasteiger partial charge in [-0.25, -0.2) is 0 Å². The van der Waals surface area contributed by atoms with Gasteiger partial charge in [0.05, 0.1) is 0 Å². The minimum Gasteiger partial charge on any atom is -1.00 e. The SMILES string of the molecule is CCCCOC1(SC2=[C]([Ti+2])CC=C2)CC=CC=C1C(C)(C)C.[Cl-].[Cl-]. The summed E-state index contributed by atoms with van der Waals surface area (Å²) in [4.78, 5) is 1.15. The van der Waals surface area contributed by atoms with E-state index in [1.807, 2.05) is 11.8 Å². The zero-order chi connectivity index (χ0) is 16.2. The summed E-state index contributed by atoms with van der Waals surface area (Å²) in [5.41, 5.74) is 1.52. The fourth-order valence-electron chi connectivity index (χ4n) is 2.85. The van der Waals surface area contributed by atoms with Crippen LogP contribution in [0.25, 0.3) is 0 Å². The molecule has 2 aliphatic rings. The van der Waals surface area contributed by atoms with Crippen molar-refractivity contribution in [2.24, 2.45) is 5.41 Å². The van der Waals surface area contributed by atoms with Gasteiger partial charge in [-0.05, 0) is 0 Å². The molecule has 24 heavy (non-hydrogen) atoms. The van der Waals surface area contributed by atoms with Crippen LogP contribution in [-0.4, -0.2) is 11.5 Å². The Kier molecular flexibility index (Phi) is 10.9. The maximum atomic E-state index is 6.54. The third-order valence-electron chi connectivity index (χ3n) is 4.00. The summed E-state index contributed by atoms with van der Waals surface area (Å²) >= 11 is 4.16. The van der Waals surface area contributed by atoms with Gasteiger partial charge in [-0.15, -0.1) is 0 Å². The van der Waals surface area contributed by atoms with Gasteiger partial charge in [-0.1, -0.05) is 0 Å². The summed E-state index contributed by atoms with van der Waals surface area (Å²) in [6.45, 7) is 9.93. The molecule has 2 rings (SSSR count). The summed E-state index contributed by atoms with van der Waals surface area (Å²) in [6.07, 6.45) is 15.6. The molecule has 0 bridgehead atoms. The largest absolute Gasteiger partial charge is 1.00 e. The minimum atomic E-state index is -0.243. The minimum absolute atomic E-state index is 0. The van der Waals surface area contributed by atoms with Crippen molar-refractivity contribution in [1.82, 2.24) is 0 Å². The maximum Gasteiger partial charge on any atom is -1.00 e. The van der Waals surface area contributed by atoms with Crippen LogP contribution in [0.5, 0.6) is 0 Å². The topological polar surface area (TPSA) is 9.23 Å². The van der Waals surface area contributed by atoms with Crippen LogP contribution in [0, 0.1) is 5.41 Å². The first kappa shape index (κ1) is 24.6. The van der Waals surface area contributed by atoms with Crippen molar-refractivity contribution in [3.8, 4) is 0 Å². The van der Waals surface area contributed by atoms with E-state index in [1.54, 1.807) is 0 Å². The molecule has 0 aromatic carbocycles. The second-order valence-corrected chi connectivity index (χ2v) is 9.21. The van der Waals surface area contributed by atoms with Crippen molar-refractivity contribution in [2.75, 3.05) is 6.61 Å². The number of thioether (sulfide) groups is 1. The molecule has 133 valence electrons. The van der Waals surface area contributed by atoms with Gasteiger partial charge >= 0.3 is 152 Å². The van der Waals surface area contributed by atoms with E-state index in [9.17, 15) is 0 Å². The van der Waals surface area contributed by atoms with Crippen LogP contribution in [-0.2, 0) is 25.2 Å². The summed E-state index contributed by atoms with van der Waals surface area (Å²) in [5.74, 6) is 0. The van der Waals surface area contributed by atoms with Crippen LogP contribution in [0.15, 0.2) is 44.7 Å². The normalized spacial score (nSPS) is 23.0. The first-order chi connectivity index (χ1) is 10.4. The number of allylic oxidation sites excluding steroid dienone is 5. The van der Waals surface area contributed by atoms with E-state index in [1.165, 1.54) is 20.8 Å². The molecule has 0 N–H and O–H groups in total. The molecule has 0 amide bonds. The van der Waals surface area contributed by atoms with Gasteiger partial charge in [0.25, 0.3) is 0 Å². The Labute approximate surface area is 176 Å². The van der Waals surface area contributed by atoms with Gasteiger partial charge in [-0.3, -0.25) is 0 Å². The maximum absolute atomic E-state index is 6.54. The quantitative estimate of drug-likeness (QED) is 0.336. The van der Waals surface area contributed by atoms with Gasteiger partial charge in [0.2, 0.25) is 0 Å². The van der Waals surface area contributed by atoms with Crippen LogP contribution < -0.4 is 24.8 Å². The molecular weight excluding hydrogens is 395 g/mol. The molecule has 0 aromatic heterocycles. The molecule has 2 aliphatic carbocycles. The van der Waals surface area contributed by atoms with Crippen molar-refractivity contribution in [3.05, 3.63) is 44.7 Å². The number of unbranched alkanes of at least 4 members (excludes halogenated alkanes) is 1. The van der Waals surface area contributed by atoms with E-state index in [0.717, 1.165) is 25.9 Å². The van der Waals surface area contributed by atoms with E-state index in [2.05, 4.69) is 78.5 Å². The van der Waals surface area contributed by atoms with Crippen molar-refractivity contribution >= 4 is 11.8 Å². The zero-order valence-corrected chi connectivity index (χ0v) is 18.9. The van der Waals surface area contributed by atoms with Gasteiger partial charge in [-0.2, -0.15) is 0 Å². The summed E-state index contributed by atoms with van der Waals surface area (Å²) in [7, 11) is 0. The van der Waals surface area contributed by atoms with E-state index in [-0.39, 0.29) is 35.2 Å². The molecular formula is C19H27Cl2OSTi. The molecule has 1 nitrogen and oxygen atoms in total. The molecule has 0 aliphatic heterocycles. The molecule has 5 heteroatoms. The number of rotatable bonds is 6. The Morgan fingerprint density at radius 2 is 1.96 bits per heavy atom. The van der Waals surface area contributed by atoms with Crippen LogP contribution in [0.3, 0.4) is 0 Å². The second kappa shape index (κ2) is 10.6. The van der Waals surface area contributed by atoms with Gasteiger partial charge in [0.1, 0.15) is 0 Å². The monoisotopic (exact) mass is 421 g/mol. The molecule has 0 fully saturated rings. The number of hydrogen-bond acceptors (Lipinski definition) is 2. The van der Waals surface area contributed by atoms with Crippen LogP contribution in [0.4, 0.5) is 0 Å². The summed E-state index contributed by atoms with van der Waals surface area (Å²) in [5, 5.41) is 0. The molecule has 0 spiro atoms. The zero-order valence-electron chi connectivity index (χ0n) is 15.0. The van der Waals surface area contributed by atoms with Crippen LogP contribution in [0.2, 0.25) is 0 Å².